The Kier molecular flexibility index (Phi) is 8.04. The van der Waals surface area contributed by atoms with Crippen LogP contribution in [0.5, 0.6) is 0 Å². The molecule has 3 rings (SSSR count). The van der Waals surface area contributed by atoms with E-state index >= 15 is 0 Å². The molecule has 1 fully saturated rings. The van der Waals surface area contributed by atoms with E-state index in [4.69, 9.17) is 11.5 Å². The van der Waals surface area contributed by atoms with Crippen molar-refractivity contribution in [3.63, 3.8) is 0 Å². The quantitative estimate of drug-likeness (QED) is 0.333. The molecule has 3 aliphatic rings. The monoisotopic (exact) mass is 470 g/mol. The summed E-state index contributed by atoms with van der Waals surface area (Å²) in [5.41, 5.74) is 24.6. The highest BCUT2D eigenvalue weighted by molar-refractivity contribution is 5.60. The zero-order valence-electron chi connectivity index (χ0n) is 22.4. The molecular weight excluding hydrogens is 424 g/mol. The van der Waals surface area contributed by atoms with Gasteiger partial charge in [-0.1, -0.05) is 62.1 Å². The summed E-state index contributed by atoms with van der Waals surface area (Å²) in [7, 11) is 0. The fourth-order valence-electron chi connectivity index (χ4n) is 7.23. The van der Waals surface area contributed by atoms with Gasteiger partial charge in [0.25, 0.3) is 0 Å². The molecule has 0 aromatic heterocycles. The third-order valence-electron chi connectivity index (χ3n) is 8.85. The Hall–Kier alpha value is -2.74. The summed E-state index contributed by atoms with van der Waals surface area (Å²) in [4.78, 5) is 0. The van der Waals surface area contributed by atoms with Crippen molar-refractivity contribution < 1.29 is 0 Å². The second-order valence-electron chi connectivity index (χ2n) is 11.3. The molecule has 188 valence electrons. The van der Waals surface area contributed by atoms with E-state index in [9.17, 15) is 0 Å². The molecule has 3 aliphatic carbocycles. The van der Waals surface area contributed by atoms with E-state index in [1.807, 2.05) is 12.2 Å². The Balaban J connectivity index is 1.89. The van der Waals surface area contributed by atoms with Crippen LogP contribution in [-0.4, -0.2) is 0 Å². The van der Waals surface area contributed by atoms with E-state index in [1.165, 1.54) is 27.9 Å². The van der Waals surface area contributed by atoms with Crippen LogP contribution in [-0.2, 0) is 0 Å². The number of allylic oxidation sites excluding steroid dienone is 10. The summed E-state index contributed by atoms with van der Waals surface area (Å²) < 4.78 is 0. The number of hydrogen-bond acceptors (Lipinski definition) is 2. The second-order valence-corrected chi connectivity index (χ2v) is 11.3. The minimum Gasteiger partial charge on any atom is -0.402 e. The molecule has 2 heteroatoms. The maximum atomic E-state index is 6.74. The van der Waals surface area contributed by atoms with E-state index in [1.54, 1.807) is 0 Å². The van der Waals surface area contributed by atoms with Crippen molar-refractivity contribution in [1.29, 1.82) is 0 Å². The summed E-state index contributed by atoms with van der Waals surface area (Å²) >= 11 is 0. The summed E-state index contributed by atoms with van der Waals surface area (Å²) in [6.45, 7) is 32.3. The predicted molar refractivity (Wildman–Crippen MR) is 153 cm³/mol. The van der Waals surface area contributed by atoms with Crippen LogP contribution in [0.4, 0.5) is 0 Å². The van der Waals surface area contributed by atoms with Gasteiger partial charge in [0.1, 0.15) is 0 Å². The Morgan fingerprint density at radius 2 is 1.83 bits per heavy atom. The molecular formula is C33H46N2. The first-order valence-corrected chi connectivity index (χ1v) is 13.1. The van der Waals surface area contributed by atoms with Crippen molar-refractivity contribution >= 4 is 0 Å². The summed E-state index contributed by atoms with van der Waals surface area (Å²) in [5.74, 6) is 1.17. The minimum absolute atomic E-state index is 0.131. The fraction of sp³-hybridized carbons (Fsp3) is 0.455. The third kappa shape index (κ3) is 4.99. The van der Waals surface area contributed by atoms with Crippen molar-refractivity contribution in [2.45, 2.75) is 72.1 Å². The van der Waals surface area contributed by atoms with Gasteiger partial charge in [-0.05, 0) is 110 Å². The molecule has 35 heavy (non-hydrogen) atoms. The minimum atomic E-state index is 0.131. The molecule has 0 radical (unpaired) electrons. The van der Waals surface area contributed by atoms with E-state index < -0.39 is 0 Å². The van der Waals surface area contributed by atoms with Gasteiger partial charge in [-0.2, -0.15) is 0 Å². The largest absolute Gasteiger partial charge is 0.402 e. The van der Waals surface area contributed by atoms with Gasteiger partial charge in [-0.3, -0.25) is 0 Å². The standard InChI is InChI=1S/C33H46N2/c1-10-12-13-26(11-2)20(3)14-15-29(35)28-16-17-33(9)19-27-18-21(4)30(25(8)34)23(6)31(27)24(7)32(33)22(28)5/h10-11,26-27,31H,1-3,5-6,8,12-19,34-35H2,4,7,9H3/b29-28-. The zero-order chi connectivity index (χ0) is 26.1. The molecule has 0 amide bonds. The maximum absolute atomic E-state index is 6.74. The Morgan fingerprint density at radius 1 is 1.14 bits per heavy atom. The molecule has 0 aromatic rings. The average molecular weight is 471 g/mol. The number of hydrogen-bond donors (Lipinski definition) is 2. The summed E-state index contributed by atoms with van der Waals surface area (Å²) in [6, 6.07) is 0. The highest BCUT2D eigenvalue weighted by Gasteiger charge is 2.48. The number of rotatable bonds is 9. The van der Waals surface area contributed by atoms with Crippen LogP contribution in [0.25, 0.3) is 0 Å². The van der Waals surface area contributed by atoms with Crippen LogP contribution < -0.4 is 11.5 Å². The van der Waals surface area contributed by atoms with Gasteiger partial charge in [-0.25, -0.2) is 0 Å². The molecule has 4 atom stereocenters. The van der Waals surface area contributed by atoms with E-state index in [2.05, 4.69) is 60.2 Å². The van der Waals surface area contributed by atoms with Crippen molar-refractivity contribution in [3.05, 3.63) is 108 Å². The van der Waals surface area contributed by atoms with Gasteiger partial charge in [0, 0.05) is 17.3 Å². The van der Waals surface area contributed by atoms with Crippen LogP contribution in [0.3, 0.4) is 0 Å². The van der Waals surface area contributed by atoms with E-state index in [-0.39, 0.29) is 5.41 Å². The molecule has 4 unspecified atom stereocenters. The Morgan fingerprint density at radius 3 is 2.43 bits per heavy atom. The zero-order valence-corrected chi connectivity index (χ0v) is 22.4. The van der Waals surface area contributed by atoms with Crippen molar-refractivity contribution in [1.82, 2.24) is 0 Å². The van der Waals surface area contributed by atoms with Crippen molar-refractivity contribution in [2.24, 2.45) is 34.6 Å². The first kappa shape index (κ1) is 26.9. The van der Waals surface area contributed by atoms with Crippen LogP contribution in [0.1, 0.15) is 72.1 Å². The lowest BCUT2D eigenvalue weighted by Gasteiger charge is -2.51. The molecule has 1 saturated carbocycles. The highest BCUT2D eigenvalue weighted by Crippen LogP contribution is 2.60. The molecule has 0 spiro atoms. The first-order chi connectivity index (χ1) is 16.5. The van der Waals surface area contributed by atoms with Crippen LogP contribution >= 0.6 is 0 Å². The second kappa shape index (κ2) is 10.5. The highest BCUT2D eigenvalue weighted by atomic mass is 14.6. The Labute approximate surface area is 214 Å². The van der Waals surface area contributed by atoms with Crippen LogP contribution in [0.15, 0.2) is 108 Å². The van der Waals surface area contributed by atoms with E-state index in [0.717, 1.165) is 73.8 Å². The van der Waals surface area contributed by atoms with E-state index in [0.29, 0.717) is 23.5 Å². The first-order valence-electron chi connectivity index (χ1n) is 13.1. The molecule has 0 aromatic carbocycles. The van der Waals surface area contributed by atoms with Crippen molar-refractivity contribution in [3.8, 4) is 0 Å². The van der Waals surface area contributed by atoms with Gasteiger partial charge < -0.3 is 11.5 Å². The molecule has 4 N–H and O–H groups in total. The normalized spacial score (nSPS) is 28.8. The summed E-state index contributed by atoms with van der Waals surface area (Å²) in [6.07, 6.45) is 11.9. The molecule has 0 heterocycles. The smallest absolute Gasteiger partial charge is 0.0316 e. The molecule has 2 nitrogen and oxygen atoms in total. The SMILES string of the molecule is C=CCCC(C=C)C(=C)CC/C(N)=C1\CCC2(C)CC3CC(C)=C(C(=C)N)C(=C)C3C(C)=C2C1=C. The summed E-state index contributed by atoms with van der Waals surface area (Å²) in [5, 5.41) is 0. The van der Waals surface area contributed by atoms with Gasteiger partial charge in [-0.15, -0.1) is 13.2 Å². The lowest BCUT2D eigenvalue weighted by Crippen LogP contribution is -2.40. The van der Waals surface area contributed by atoms with Gasteiger partial charge in [0.15, 0.2) is 0 Å². The maximum Gasteiger partial charge on any atom is 0.0316 e. The third-order valence-corrected chi connectivity index (χ3v) is 8.85. The molecule has 0 bridgehead atoms. The van der Waals surface area contributed by atoms with Crippen LogP contribution in [0, 0.1) is 23.2 Å². The Bertz CT molecular complexity index is 1070. The van der Waals surface area contributed by atoms with Gasteiger partial charge in [0.05, 0.1) is 0 Å². The lowest BCUT2D eigenvalue weighted by atomic mass is 9.53. The average Bonchev–Trinajstić information content (AvgIpc) is 2.77. The number of fused-ring (bicyclic) bond motifs is 2. The van der Waals surface area contributed by atoms with Crippen LogP contribution in [0.2, 0.25) is 0 Å². The fourth-order valence-corrected chi connectivity index (χ4v) is 7.23. The molecule has 0 aliphatic heterocycles. The van der Waals surface area contributed by atoms with Crippen molar-refractivity contribution in [2.75, 3.05) is 0 Å². The topological polar surface area (TPSA) is 52.0 Å². The predicted octanol–water partition coefficient (Wildman–Crippen LogP) is 8.36. The van der Waals surface area contributed by atoms with Gasteiger partial charge in [0.2, 0.25) is 0 Å². The number of nitrogens with two attached hydrogens (primary N) is 2. The molecule has 0 saturated heterocycles. The van der Waals surface area contributed by atoms with Gasteiger partial charge >= 0.3 is 0 Å². The lowest BCUT2D eigenvalue weighted by molar-refractivity contribution is 0.202.